The Bertz CT molecular complexity index is 616. The van der Waals surface area contributed by atoms with Crippen molar-refractivity contribution in [1.29, 1.82) is 0 Å². The lowest BCUT2D eigenvalue weighted by molar-refractivity contribution is 0.670. The van der Waals surface area contributed by atoms with Gasteiger partial charge in [0.2, 0.25) is 0 Å². The molecule has 1 aromatic carbocycles. The zero-order chi connectivity index (χ0) is 14.9. The first-order valence-electron chi connectivity index (χ1n) is 6.93. The molecule has 0 amide bonds. The minimum Gasteiger partial charge on any atom is -0.319 e. The summed E-state index contributed by atoms with van der Waals surface area (Å²) in [6, 6.07) is 6.31. The highest BCUT2D eigenvalue weighted by atomic mass is 79.9. The van der Waals surface area contributed by atoms with Crippen molar-refractivity contribution in [3.63, 3.8) is 0 Å². The third-order valence-corrected chi connectivity index (χ3v) is 4.23. The maximum absolute atomic E-state index is 4.75. The highest BCUT2D eigenvalue weighted by Crippen LogP contribution is 2.27. The molecule has 3 nitrogen and oxygen atoms in total. The lowest BCUT2D eigenvalue weighted by atomic mass is 9.99. The second-order valence-corrected chi connectivity index (χ2v) is 6.30. The second kappa shape index (κ2) is 6.10. The maximum atomic E-state index is 4.75. The number of benzene rings is 1. The number of nitrogens with zero attached hydrogens (tertiary/aromatic N) is 2. The molecule has 0 aliphatic heterocycles. The fourth-order valence-electron chi connectivity index (χ4n) is 2.87. The first kappa shape index (κ1) is 15.3. The number of rotatable bonds is 4. The molecule has 4 heteroatoms. The average molecular weight is 336 g/mol. The van der Waals surface area contributed by atoms with Gasteiger partial charge in [0.25, 0.3) is 0 Å². The summed E-state index contributed by atoms with van der Waals surface area (Å²) >= 11 is 3.51. The number of aryl methyl sites for hydroxylation is 2. The van der Waals surface area contributed by atoms with Crippen LogP contribution in [0.25, 0.3) is 5.69 Å². The Labute approximate surface area is 129 Å². The molecular weight excluding hydrogens is 314 g/mol. The van der Waals surface area contributed by atoms with E-state index in [1.54, 1.807) is 0 Å². The molecule has 20 heavy (non-hydrogen) atoms. The molecule has 1 unspecified atom stereocenters. The van der Waals surface area contributed by atoms with Gasteiger partial charge in [-0.25, -0.2) is 4.68 Å². The zero-order valence-electron chi connectivity index (χ0n) is 12.8. The summed E-state index contributed by atoms with van der Waals surface area (Å²) in [5, 5.41) is 7.99. The van der Waals surface area contributed by atoms with Crippen LogP contribution in [0.4, 0.5) is 0 Å². The van der Waals surface area contributed by atoms with E-state index in [1.165, 1.54) is 16.8 Å². The minimum atomic E-state index is 0.463. The van der Waals surface area contributed by atoms with Gasteiger partial charge in [-0.15, -0.1) is 0 Å². The summed E-state index contributed by atoms with van der Waals surface area (Å²) in [6.07, 6.45) is 0. The van der Waals surface area contributed by atoms with E-state index in [1.807, 2.05) is 7.05 Å². The molecule has 0 aliphatic rings. The molecule has 0 fully saturated rings. The van der Waals surface area contributed by atoms with Gasteiger partial charge in [-0.1, -0.05) is 22.9 Å². The van der Waals surface area contributed by atoms with Crippen LogP contribution >= 0.6 is 15.9 Å². The summed E-state index contributed by atoms with van der Waals surface area (Å²) in [4.78, 5) is 0. The number of hydrogen-bond acceptors (Lipinski definition) is 2. The Morgan fingerprint density at radius 3 is 2.60 bits per heavy atom. The molecule has 2 rings (SSSR count). The van der Waals surface area contributed by atoms with Crippen molar-refractivity contribution in [1.82, 2.24) is 15.1 Å². The van der Waals surface area contributed by atoms with E-state index >= 15 is 0 Å². The number of likely N-dealkylation sites (N-methyl/N-ethyl adjacent to an activating group) is 1. The maximum Gasteiger partial charge on any atom is 0.0678 e. The zero-order valence-corrected chi connectivity index (χ0v) is 14.4. The van der Waals surface area contributed by atoms with Crippen molar-refractivity contribution in [3.8, 4) is 5.69 Å². The highest BCUT2D eigenvalue weighted by molar-refractivity contribution is 9.10. The van der Waals surface area contributed by atoms with Crippen LogP contribution in [0.15, 0.2) is 22.7 Å². The van der Waals surface area contributed by atoms with Crippen molar-refractivity contribution in [3.05, 3.63) is 45.2 Å². The topological polar surface area (TPSA) is 29.9 Å². The monoisotopic (exact) mass is 335 g/mol. The van der Waals surface area contributed by atoms with Crippen LogP contribution in [0.1, 0.15) is 35.4 Å². The molecule has 0 aliphatic carbocycles. The van der Waals surface area contributed by atoms with E-state index in [9.17, 15) is 0 Å². The summed E-state index contributed by atoms with van der Waals surface area (Å²) in [5.41, 5.74) is 6.07. The molecule has 1 N–H and O–H groups in total. The van der Waals surface area contributed by atoms with Gasteiger partial charge in [-0.2, -0.15) is 5.10 Å². The quantitative estimate of drug-likeness (QED) is 0.918. The van der Waals surface area contributed by atoms with E-state index in [4.69, 9.17) is 5.10 Å². The van der Waals surface area contributed by atoms with Gasteiger partial charge >= 0.3 is 0 Å². The number of nitrogens with one attached hydrogen (secondary N) is 1. The van der Waals surface area contributed by atoms with Gasteiger partial charge < -0.3 is 5.32 Å². The normalized spacial score (nSPS) is 12.7. The van der Waals surface area contributed by atoms with Crippen LogP contribution in [0.3, 0.4) is 0 Å². The lowest BCUT2D eigenvalue weighted by Gasteiger charge is -2.13. The van der Waals surface area contributed by atoms with Crippen molar-refractivity contribution in [2.24, 2.45) is 0 Å². The van der Waals surface area contributed by atoms with Crippen LogP contribution in [-0.2, 0) is 0 Å². The molecule has 0 saturated carbocycles. The molecular formula is C16H22BrN3. The van der Waals surface area contributed by atoms with Crippen LogP contribution < -0.4 is 5.32 Å². The van der Waals surface area contributed by atoms with E-state index in [-0.39, 0.29) is 0 Å². The first-order chi connectivity index (χ1) is 9.45. The minimum absolute atomic E-state index is 0.463. The van der Waals surface area contributed by atoms with Crippen LogP contribution in [0, 0.1) is 20.8 Å². The third-order valence-electron chi connectivity index (χ3n) is 3.74. The molecule has 2 aromatic rings. The fraction of sp³-hybridized carbons (Fsp3) is 0.438. The van der Waals surface area contributed by atoms with Crippen molar-refractivity contribution >= 4 is 15.9 Å². The number of hydrogen-bond donors (Lipinski definition) is 1. The number of aromatic nitrogens is 2. The van der Waals surface area contributed by atoms with Crippen LogP contribution in [-0.4, -0.2) is 23.4 Å². The standard InChI is InChI=1S/C16H22BrN3/c1-10-8-14(17)6-7-15(10)20-13(4)16(12(3)19-20)11(2)9-18-5/h6-8,11,18H,9H2,1-5H3. The first-order valence-corrected chi connectivity index (χ1v) is 7.72. The van der Waals surface area contributed by atoms with Gasteiger partial charge in [-0.05, 0) is 57.5 Å². The van der Waals surface area contributed by atoms with Crippen molar-refractivity contribution < 1.29 is 0 Å². The van der Waals surface area contributed by atoms with E-state index in [2.05, 4.69) is 71.8 Å². The van der Waals surface area contributed by atoms with Gasteiger partial charge in [0.15, 0.2) is 0 Å². The summed E-state index contributed by atoms with van der Waals surface area (Å²) in [5.74, 6) is 0.463. The Balaban J connectivity index is 2.51. The average Bonchev–Trinajstić information content (AvgIpc) is 2.65. The molecule has 108 valence electrons. The fourth-order valence-corrected chi connectivity index (χ4v) is 3.34. The predicted molar refractivity (Wildman–Crippen MR) is 87.8 cm³/mol. The molecule has 0 radical (unpaired) electrons. The highest BCUT2D eigenvalue weighted by Gasteiger charge is 2.18. The van der Waals surface area contributed by atoms with Crippen molar-refractivity contribution in [2.75, 3.05) is 13.6 Å². The van der Waals surface area contributed by atoms with E-state index in [0.29, 0.717) is 5.92 Å². The summed E-state index contributed by atoms with van der Waals surface area (Å²) in [7, 11) is 1.99. The molecule has 0 spiro atoms. The van der Waals surface area contributed by atoms with E-state index in [0.717, 1.165) is 22.4 Å². The molecule has 1 atom stereocenters. The Kier molecular flexibility index (Phi) is 4.66. The van der Waals surface area contributed by atoms with Gasteiger partial charge in [0.1, 0.15) is 0 Å². The second-order valence-electron chi connectivity index (χ2n) is 5.39. The van der Waals surface area contributed by atoms with Crippen LogP contribution in [0.2, 0.25) is 0 Å². The van der Waals surface area contributed by atoms with Crippen molar-refractivity contribution in [2.45, 2.75) is 33.6 Å². The Morgan fingerprint density at radius 2 is 2.00 bits per heavy atom. The SMILES string of the molecule is CNCC(C)c1c(C)nn(-c2ccc(Br)cc2C)c1C. The predicted octanol–water partition coefficient (Wildman–Crippen LogP) is 3.88. The summed E-state index contributed by atoms with van der Waals surface area (Å²) < 4.78 is 3.17. The van der Waals surface area contributed by atoms with Gasteiger partial charge in [0.05, 0.1) is 11.4 Å². The van der Waals surface area contributed by atoms with E-state index < -0.39 is 0 Å². The molecule has 1 heterocycles. The molecule has 1 aromatic heterocycles. The van der Waals surface area contributed by atoms with Gasteiger partial charge in [-0.3, -0.25) is 0 Å². The molecule has 0 bridgehead atoms. The Hall–Kier alpha value is -1.13. The van der Waals surface area contributed by atoms with Crippen LogP contribution in [0.5, 0.6) is 0 Å². The largest absolute Gasteiger partial charge is 0.319 e. The third kappa shape index (κ3) is 2.81. The molecule has 0 saturated heterocycles. The Morgan fingerprint density at radius 1 is 1.30 bits per heavy atom. The summed E-state index contributed by atoms with van der Waals surface area (Å²) in [6.45, 7) is 9.58. The smallest absolute Gasteiger partial charge is 0.0678 e. The number of halogens is 1. The van der Waals surface area contributed by atoms with Gasteiger partial charge in [0, 0.05) is 22.3 Å². The lowest BCUT2D eigenvalue weighted by Crippen LogP contribution is -2.15.